The summed E-state index contributed by atoms with van der Waals surface area (Å²) in [6.07, 6.45) is 1.01. The number of carbonyl (C=O) groups is 1. The molecule has 23 heavy (non-hydrogen) atoms. The van der Waals surface area contributed by atoms with Crippen molar-refractivity contribution in [3.8, 4) is 5.75 Å². The molecule has 1 aliphatic rings. The van der Waals surface area contributed by atoms with E-state index in [1.54, 1.807) is 18.2 Å². The number of amides is 1. The topological polar surface area (TPSA) is 61.8 Å². The predicted octanol–water partition coefficient (Wildman–Crippen LogP) is 2.20. The monoisotopic (exact) mass is 340 g/mol. The van der Waals surface area contributed by atoms with E-state index in [1.807, 2.05) is 0 Å². The maximum Gasteiger partial charge on any atom is 0.220 e. The molecule has 5 nitrogen and oxygen atoms in total. The van der Waals surface area contributed by atoms with Gasteiger partial charge in [-0.3, -0.25) is 9.69 Å². The van der Waals surface area contributed by atoms with Crippen LogP contribution in [0.2, 0.25) is 5.02 Å². The normalized spacial score (nSPS) is 20.2. The number of rotatable bonds is 6. The molecule has 2 N–H and O–H groups in total. The van der Waals surface area contributed by atoms with Crippen molar-refractivity contribution in [1.29, 1.82) is 0 Å². The Kier molecular flexibility index (Phi) is 6.69. The summed E-state index contributed by atoms with van der Waals surface area (Å²) in [5, 5.41) is 12.7. The Hall–Kier alpha value is -1.30. The van der Waals surface area contributed by atoms with Crippen molar-refractivity contribution < 1.29 is 14.6 Å². The second kappa shape index (κ2) is 8.52. The van der Waals surface area contributed by atoms with Crippen LogP contribution < -0.4 is 5.32 Å². The number of hydrogen-bond donors (Lipinski definition) is 2. The second-order valence-corrected chi connectivity index (χ2v) is 6.51. The zero-order valence-corrected chi connectivity index (χ0v) is 14.5. The Morgan fingerprint density at radius 3 is 3.04 bits per heavy atom. The van der Waals surface area contributed by atoms with Crippen LogP contribution in [-0.2, 0) is 16.0 Å². The summed E-state index contributed by atoms with van der Waals surface area (Å²) in [5.74, 6) is 0.0929. The molecule has 6 heteroatoms. The first-order chi connectivity index (χ1) is 11.0. The SMILES string of the molecule is CC(CNC(=O)CCc1ccc(O)c(Cl)c1)N1CCOCC1C. The van der Waals surface area contributed by atoms with Crippen LogP contribution in [-0.4, -0.2) is 54.3 Å². The van der Waals surface area contributed by atoms with Crippen LogP contribution in [0.4, 0.5) is 0 Å². The number of phenols is 1. The Morgan fingerprint density at radius 2 is 2.35 bits per heavy atom. The van der Waals surface area contributed by atoms with Crippen molar-refractivity contribution >= 4 is 17.5 Å². The molecule has 0 aromatic heterocycles. The van der Waals surface area contributed by atoms with Crippen LogP contribution in [0, 0.1) is 0 Å². The van der Waals surface area contributed by atoms with Gasteiger partial charge in [0.2, 0.25) is 5.91 Å². The summed E-state index contributed by atoms with van der Waals surface area (Å²) in [7, 11) is 0. The molecule has 1 fully saturated rings. The summed E-state index contributed by atoms with van der Waals surface area (Å²) in [4.78, 5) is 14.4. The maximum absolute atomic E-state index is 12.0. The molecular formula is C17H25ClN2O3. The fourth-order valence-corrected chi connectivity index (χ4v) is 3.03. The van der Waals surface area contributed by atoms with Crippen molar-refractivity contribution in [2.45, 2.75) is 38.8 Å². The standard InChI is InChI=1S/C17H25ClN2O3/c1-12(20-7-8-23-11-13(20)2)10-19-17(22)6-4-14-3-5-16(21)15(18)9-14/h3,5,9,12-13,21H,4,6-8,10-11H2,1-2H3,(H,19,22). The lowest BCUT2D eigenvalue weighted by Gasteiger charge is -2.37. The molecule has 128 valence electrons. The Labute approximate surface area is 142 Å². The number of hydrogen-bond acceptors (Lipinski definition) is 4. The van der Waals surface area contributed by atoms with Crippen molar-refractivity contribution in [1.82, 2.24) is 10.2 Å². The molecule has 1 amide bonds. The van der Waals surface area contributed by atoms with E-state index in [1.165, 1.54) is 0 Å². The molecule has 2 atom stereocenters. The molecular weight excluding hydrogens is 316 g/mol. The first kappa shape index (κ1) is 18.0. The molecule has 0 spiro atoms. The second-order valence-electron chi connectivity index (χ2n) is 6.10. The number of aryl methyl sites for hydroxylation is 1. The van der Waals surface area contributed by atoms with Gasteiger partial charge in [0.1, 0.15) is 5.75 Å². The van der Waals surface area contributed by atoms with E-state index in [2.05, 4.69) is 24.1 Å². The van der Waals surface area contributed by atoms with Crippen molar-refractivity contribution in [2.75, 3.05) is 26.3 Å². The van der Waals surface area contributed by atoms with Gasteiger partial charge < -0.3 is 15.2 Å². The van der Waals surface area contributed by atoms with Crippen LogP contribution in [0.15, 0.2) is 18.2 Å². The highest BCUT2D eigenvalue weighted by Gasteiger charge is 2.23. The van der Waals surface area contributed by atoms with Gasteiger partial charge in [0.25, 0.3) is 0 Å². The third kappa shape index (κ3) is 5.37. The number of nitrogens with one attached hydrogen (secondary N) is 1. The molecule has 2 unspecified atom stereocenters. The largest absolute Gasteiger partial charge is 0.506 e. The van der Waals surface area contributed by atoms with Crippen molar-refractivity contribution in [3.63, 3.8) is 0 Å². The number of morpholine rings is 1. The Bertz CT molecular complexity index is 539. The van der Waals surface area contributed by atoms with E-state index in [-0.39, 0.29) is 11.7 Å². The van der Waals surface area contributed by atoms with E-state index >= 15 is 0 Å². The number of ether oxygens (including phenoxy) is 1. The van der Waals surface area contributed by atoms with Crippen LogP contribution in [0.3, 0.4) is 0 Å². The average molecular weight is 341 g/mol. The minimum absolute atomic E-state index is 0.0296. The number of aromatic hydroxyl groups is 1. The highest BCUT2D eigenvalue weighted by molar-refractivity contribution is 6.32. The molecule has 1 aromatic carbocycles. The summed E-state index contributed by atoms with van der Waals surface area (Å²) in [5.41, 5.74) is 0.942. The van der Waals surface area contributed by atoms with E-state index < -0.39 is 0 Å². The first-order valence-electron chi connectivity index (χ1n) is 8.05. The van der Waals surface area contributed by atoms with Gasteiger partial charge in [0, 0.05) is 31.6 Å². The predicted molar refractivity (Wildman–Crippen MR) is 90.9 cm³/mol. The van der Waals surface area contributed by atoms with Gasteiger partial charge in [-0.05, 0) is 38.0 Å². The van der Waals surface area contributed by atoms with E-state index in [0.29, 0.717) is 36.5 Å². The number of carbonyl (C=O) groups excluding carboxylic acids is 1. The van der Waals surface area contributed by atoms with E-state index in [4.69, 9.17) is 16.3 Å². The zero-order valence-electron chi connectivity index (χ0n) is 13.7. The lowest BCUT2D eigenvalue weighted by molar-refractivity contribution is -0.121. The fourth-order valence-electron chi connectivity index (χ4n) is 2.83. The highest BCUT2D eigenvalue weighted by Crippen LogP contribution is 2.24. The summed E-state index contributed by atoms with van der Waals surface area (Å²) >= 11 is 5.87. The molecule has 0 radical (unpaired) electrons. The van der Waals surface area contributed by atoms with Gasteiger partial charge in [-0.1, -0.05) is 17.7 Å². The molecule has 1 saturated heterocycles. The molecule has 1 aromatic rings. The minimum atomic E-state index is 0.0296. The Balaban J connectivity index is 1.73. The van der Waals surface area contributed by atoms with Gasteiger partial charge in [0.15, 0.2) is 0 Å². The van der Waals surface area contributed by atoms with E-state index in [9.17, 15) is 9.90 Å². The highest BCUT2D eigenvalue weighted by atomic mass is 35.5. The smallest absolute Gasteiger partial charge is 0.220 e. The van der Waals surface area contributed by atoms with Gasteiger partial charge in [-0.15, -0.1) is 0 Å². The molecule has 0 bridgehead atoms. The number of nitrogens with zero attached hydrogens (tertiary/aromatic N) is 1. The van der Waals surface area contributed by atoms with Gasteiger partial charge in [-0.25, -0.2) is 0 Å². The Morgan fingerprint density at radius 1 is 1.57 bits per heavy atom. The maximum atomic E-state index is 12.0. The first-order valence-corrected chi connectivity index (χ1v) is 8.42. The van der Waals surface area contributed by atoms with Gasteiger partial charge in [-0.2, -0.15) is 0 Å². The third-order valence-electron chi connectivity index (χ3n) is 4.23. The third-order valence-corrected chi connectivity index (χ3v) is 4.54. The molecule has 2 rings (SSSR count). The quantitative estimate of drug-likeness (QED) is 0.833. The minimum Gasteiger partial charge on any atom is -0.506 e. The van der Waals surface area contributed by atoms with Gasteiger partial charge in [0.05, 0.1) is 18.2 Å². The molecule has 1 aliphatic heterocycles. The molecule has 1 heterocycles. The lowest BCUT2D eigenvalue weighted by Crippen LogP contribution is -2.51. The number of halogens is 1. The van der Waals surface area contributed by atoms with Crippen LogP contribution >= 0.6 is 11.6 Å². The molecule has 0 aliphatic carbocycles. The fraction of sp³-hybridized carbons (Fsp3) is 0.588. The van der Waals surface area contributed by atoms with Crippen molar-refractivity contribution in [3.05, 3.63) is 28.8 Å². The number of benzene rings is 1. The zero-order chi connectivity index (χ0) is 16.8. The summed E-state index contributed by atoms with van der Waals surface area (Å²) in [6, 6.07) is 5.71. The van der Waals surface area contributed by atoms with Crippen LogP contribution in [0.1, 0.15) is 25.8 Å². The summed E-state index contributed by atoms with van der Waals surface area (Å²) in [6.45, 7) is 7.32. The van der Waals surface area contributed by atoms with Crippen LogP contribution in [0.25, 0.3) is 0 Å². The molecule has 0 saturated carbocycles. The summed E-state index contributed by atoms with van der Waals surface area (Å²) < 4.78 is 5.44. The van der Waals surface area contributed by atoms with Crippen molar-refractivity contribution in [2.24, 2.45) is 0 Å². The lowest BCUT2D eigenvalue weighted by atomic mass is 10.1. The van der Waals surface area contributed by atoms with Crippen LogP contribution in [0.5, 0.6) is 5.75 Å². The average Bonchev–Trinajstić information content (AvgIpc) is 2.54. The van der Waals surface area contributed by atoms with Gasteiger partial charge >= 0.3 is 0 Å². The van der Waals surface area contributed by atoms with E-state index in [0.717, 1.165) is 25.3 Å². The number of phenolic OH excluding ortho intramolecular Hbond substituents is 1.